The molecule has 2 aromatic carbocycles. The molecule has 1 amide bonds. The van der Waals surface area contributed by atoms with Gasteiger partial charge in [-0.15, -0.1) is 0 Å². The lowest BCUT2D eigenvalue weighted by Gasteiger charge is -2.28. The first-order chi connectivity index (χ1) is 15.4. The third-order valence-corrected chi connectivity index (χ3v) is 5.68. The number of Topliss-reactive ketones (excluding diaryl/α,β-unsaturated/α-hetero) is 1. The van der Waals surface area contributed by atoms with E-state index in [2.05, 4.69) is 20.8 Å². The van der Waals surface area contributed by atoms with Gasteiger partial charge in [0.25, 0.3) is 5.91 Å². The first kappa shape index (κ1) is 24.6. The number of anilines is 1. The van der Waals surface area contributed by atoms with Crippen LogP contribution in [0.5, 0.6) is 5.75 Å². The summed E-state index contributed by atoms with van der Waals surface area (Å²) >= 11 is 0. The van der Waals surface area contributed by atoms with Gasteiger partial charge in [-0.05, 0) is 60.6 Å². The van der Waals surface area contributed by atoms with Crippen LogP contribution in [-0.2, 0) is 15.0 Å². The number of amides is 1. The number of carbonyl (C=O) groups excluding carboxylic acids is 2. The molecule has 176 valence electrons. The van der Waals surface area contributed by atoms with E-state index < -0.39 is 17.7 Å². The van der Waals surface area contributed by atoms with Crippen LogP contribution in [0.3, 0.4) is 0 Å². The fourth-order valence-corrected chi connectivity index (χ4v) is 4.08. The van der Waals surface area contributed by atoms with Gasteiger partial charge < -0.3 is 9.84 Å². The summed E-state index contributed by atoms with van der Waals surface area (Å²) in [5.41, 5.74) is 2.68. The van der Waals surface area contributed by atoms with E-state index in [1.165, 1.54) is 4.90 Å². The summed E-state index contributed by atoms with van der Waals surface area (Å²) in [5.74, 6) is -0.432. The van der Waals surface area contributed by atoms with E-state index in [1.807, 2.05) is 52.0 Å². The molecule has 3 rings (SSSR count). The van der Waals surface area contributed by atoms with Crippen LogP contribution in [0.2, 0.25) is 0 Å². The molecule has 1 heterocycles. The molecule has 2 aromatic rings. The molecule has 0 saturated heterocycles. The van der Waals surface area contributed by atoms with Gasteiger partial charge in [0.2, 0.25) is 0 Å². The summed E-state index contributed by atoms with van der Waals surface area (Å²) in [4.78, 5) is 27.9. The predicted octanol–water partition coefficient (Wildman–Crippen LogP) is 6.29. The third-order valence-electron chi connectivity index (χ3n) is 5.68. The van der Waals surface area contributed by atoms with E-state index in [4.69, 9.17) is 4.74 Å². The van der Waals surface area contributed by atoms with Gasteiger partial charge in [-0.25, -0.2) is 0 Å². The first-order valence-electron chi connectivity index (χ1n) is 11.6. The minimum Gasteiger partial charge on any atom is -0.503 e. The molecule has 1 aliphatic rings. The maximum absolute atomic E-state index is 13.2. The number of nitrogens with zero attached hydrogens (tertiary/aromatic N) is 1. The van der Waals surface area contributed by atoms with Gasteiger partial charge in [0.15, 0.2) is 11.5 Å². The molecule has 1 aliphatic heterocycles. The number of hydrogen-bond acceptors (Lipinski definition) is 4. The Morgan fingerprint density at radius 2 is 1.58 bits per heavy atom. The van der Waals surface area contributed by atoms with E-state index in [0.717, 1.165) is 11.1 Å². The van der Waals surface area contributed by atoms with Crippen LogP contribution in [0.4, 0.5) is 5.69 Å². The zero-order chi connectivity index (χ0) is 24.5. The summed E-state index contributed by atoms with van der Waals surface area (Å²) < 4.78 is 5.72. The number of carbonyl (C=O) groups is 2. The van der Waals surface area contributed by atoms with Crippen molar-refractivity contribution in [2.45, 2.75) is 72.4 Å². The lowest BCUT2D eigenvalue weighted by atomic mass is 9.85. The van der Waals surface area contributed by atoms with E-state index >= 15 is 0 Å². The second-order valence-corrected chi connectivity index (χ2v) is 10.4. The summed E-state index contributed by atoms with van der Waals surface area (Å²) in [7, 11) is 0. The largest absolute Gasteiger partial charge is 0.503 e. The molecule has 0 aromatic heterocycles. The normalized spacial score (nSPS) is 16.8. The van der Waals surface area contributed by atoms with Crippen molar-refractivity contribution in [2.75, 3.05) is 4.90 Å². The summed E-state index contributed by atoms with van der Waals surface area (Å²) in [6, 6.07) is 14.4. The van der Waals surface area contributed by atoms with Gasteiger partial charge >= 0.3 is 0 Å². The van der Waals surface area contributed by atoms with E-state index in [9.17, 15) is 14.7 Å². The molecule has 1 atom stereocenters. The Bertz CT molecular complexity index is 1040. The van der Waals surface area contributed by atoms with Crippen molar-refractivity contribution in [1.82, 2.24) is 0 Å². The summed E-state index contributed by atoms with van der Waals surface area (Å²) in [5, 5.41) is 10.8. The van der Waals surface area contributed by atoms with Crippen molar-refractivity contribution in [2.24, 2.45) is 5.92 Å². The monoisotopic (exact) mass is 449 g/mol. The van der Waals surface area contributed by atoms with E-state index in [0.29, 0.717) is 11.4 Å². The Kier molecular flexibility index (Phi) is 7.01. The van der Waals surface area contributed by atoms with Crippen molar-refractivity contribution in [3.05, 3.63) is 71.0 Å². The Labute approximate surface area is 197 Å². The maximum Gasteiger partial charge on any atom is 0.294 e. The van der Waals surface area contributed by atoms with Crippen molar-refractivity contribution in [3.63, 3.8) is 0 Å². The molecule has 0 saturated carbocycles. The van der Waals surface area contributed by atoms with Crippen LogP contribution in [-0.4, -0.2) is 22.9 Å². The second-order valence-electron chi connectivity index (χ2n) is 10.4. The number of aliphatic hydroxyl groups excluding tert-OH is 1. The van der Waals surface area contributed by atoms with E-state index in [1.54, 1.807) is 24.3 Å². The Balaban J connectivity index is 2.08. The summed E-state index contributed by atoms with van der Waals surface area (Å²) in [6.45, 7) is 14.2. The molecule has 1 unspecified atom stereocenters. The highest BCUT2D eigenvalue weighted by molar-refractivity contribution is 6.16. The van der Waals surface area contributed by atoms with Gasteiger partial charge in [0, 0.05) is 12.1 Å². The molecule has 0 aliphatic carbocycles. The average molecular weight is 450 g/mol. The highest BCUT2D eigenvalue weighted by atomic mass is 16.5. The van der Waals surface area contributed by atoms with Gasteiger partial charge in [0.05, 0.1) is 17.7 Å². The van der Waals surface area contributed by atoms with Crippen molar-refractivity contribution >= 4 is 17.4 Å². The van der Waals surface area contributed by atoms with Crippen LogP contribution in [0, 0.1) is 5.92 Å². The SMILES string of the molecule is CC(C)CC(=O)C1=C(O)C(=O)N(c2ccc(OC(C)C)cc2)C1c1ccc(C(C)(C)C)cc1. The number of hydrogen-bond donors (Lipinski definition) is 1. The van der Waals surface area contributed by atoms with Gasteiger partial charge in [0.1, 0.15) is 5.75 Å². The molecular formula is C28H35NO4. The van der Waals surface area contributed by atoms with Crippen LogP contribution in [0.1, 0.15) is 72.1 Å². The minimum atomic E-state index is -0.686. The highest BCUT2D eigenvalue weighted by Crippen LogP contribution is 2.42. The quantitative estimate of drug-likeness (QED) is 0.540. The molecule has 1 N–H and O–H groups in total. The lowest BCUT2D eigenvalue weighted by molar-refractivity contribution is -0.118. The van der Waals surface area contributed by atoms with Gasteiger partial charge in [-0.2, -0.15) is 0 Å². The summed E-state index contributed by atoms with van der Waals surface area (Å²) in [6.07, 6.45) is 0.294. The third kappa shape index (κ3) is 5.29. The molecule has 0 fully saturated rings. The first-order valence-corrected chi connectivity index (χ1v) is 11.6. The smallest absolute Gasteiger partial charge is 0.294 e. The Hall–Kier alpha value is -3.08. The molecule has 5 heteroatoms. The number of aliphatic hydroxyl groups is 1. The fraction of sp³-hybridized carbons (Fsp3) is 0.429. The van der Waals surface area contributed by atoms with Crippen molar-refractivity contribution < 1.29 is 19.4 Å². The van der Waals surface area contributed by atoms with Crippen LogP contribution in [0.15, 0.2) is 59.9 Å². The molecule has 5 nitrogen and oxygen atoms in total. The van der Waals surface area contributed by atoms with Gasteiger partial charge in [-0.3, -0.25) is 14.5 Å². The number of ether oxygens (including phenoxy) is 1. The standard InChI is InChI=1S/C28H35NO4/c1-17(2)16-23(30)24-25(19-8-10-20(11-9-19)28(5,6)7)29(27(32)26(24)31)21-12-14-22(15-13-21)33-18(3)4/h8-15,17-18,25,31H,16H2,1-7H3. The Morgan fingerprint density at radius 1 is 1.00 bits per heavy atom. The lowest BCUT2D eigenvalue weighted by Crippen LogP contribution is -2.31. The minimum absolute atomic E-state index is 0.0236. The van der Waals surface area contributed by atoms with Crippen LogP contribution < -0.4 is 9.64 Å². The van der Waals surface area contributed by atoms with Crippen LogP contribution >= 0.6 is 0 Å². The molecular weight excluding hydrogens is 414 g/mol. The van der Waals surface area contributed by atoms with Crippen LogP contribution in [0.25, 0.3) is 0 Å². The Morgan fingerprint density at radius 3 is 2.06 bits per heavy atom. The van der Waals surface area contributed by atoms with E-state index in [-0.39, 0.29) is 35.2 Å². The van der Waals surface area contributed by atoms with Gasteiger partial charge in [-0.1, -0.05) is 58.9 Å². The number of rotatable bonds is 7. The fourth-order valence-electron chi connectivity index (χ4n) is 4.08. The zero-order valence-corrected chi connectivity index (χ0v) is 20.7. The topological polar surface area (TPSA) is 66.8 Å². The van der Waals surface area contributed by atoms with Crippen molar-refractivity contribution in [3.8, 4) is 5.75 Å². The highest BCUT2D eigenvalue weighted by Gasteiger charge is 2.44. The molecule has 0 radical (unpaired) electrons. The van der Waals surface area contributed by atoms with Crippen molar-refractivity contribution in [1.29, 1.82) is 0 Å². The molecule has 33 heavy (non-hydrogen) atoms. The molecule has 0 spiro atoms. The zero-order valence-electron chi connectivity index (χ0n) is 20.7. The average Bonchev–Trinajstić information content (AvgIpc) is 2.98. The second kappa shape index (κ2) is 9.42. The molecule has 0 bridgehead atoms. The predicted molar refractivity (Wildman–Crippen MR) is 132 cm³/mol. The maximum atomic E-state index is 13.2. The number of benzene rings is 2. The number of ketones is 1.